The molecule has 0 radical (unpaired) electrons. The maximum atomic E-state index is 11.0. The number of hydrogen-bond donors (Lipinski definition) is 2. The smallest absolute Gasteiger partial charge is 0.358 e. The van der Waals surface area contributed by atoms with Gasteiger partial charge in [-0.05, 0) is 24.7 Å². The number of nitrogens with one attached hydrogen (secondary N) is 1. The number of nitrogens with zero attached hydrogens (tertiary/aromatic N) is 2. The van der Waals surface area contributed by atoms with E-state index in [1.54, 1.807) is 0 Å². The molecule has 2 N–H and O–H groups in total. The van der Waals surface area contributed by atoms with Crippen molar-refractivity contribution in [3.63, 3.8) is 0 Å². The third-order valence-electron chi connectivity index (χ3n) is 3.95. The molecule has 0 aromatic carbocycles. The largest absolute Gasteiger partial charge is 0.476 e. The molecule has 5 nitrogen and oxygen atoms in total. The van der Waals surface area contributed by atoms with Gasteiger partial charge < -0.3 is 10.4 Å². The molecule has 5 heteroatoms. The summed E-state index contributed by atoms with van der Waals surface area (Å²) in [5.74, 6) is -0.660. The van der Waals surface area contributed by atoms with Crippen molar-refractivity contribution < 1.29 is 9.90 Å². The van der Waals surface area contributed by atoms with E-state index in [2.05, 4.69) is 22.2 Å². The van der Waals surface area contributed by atoms with E-state index in [4.69, 9.17) is 5.11 Å². The van der Waals surface area contributed by atoms with E-state index in [-0.39, 0.29) is 5.69 Å². The van der Waals surface area contributed by atoms with Crippen LogP contribution in [0.15, 0.2) is 12.4 Å². The highest BCUT2D eigenvalue weighted by molar-refractivity contribution is 5.90. The lowest BCUT2D eigenvalue weighted by Crippen LogP contribution is -2.27. The van der Waals surface area contributed by atoms with Gasteiger partial charge in [-0.2, -0.15) is 0 Å². The van der Waals surface area contributed by atoms with Crippen molar-refractivity contribution in [1.29, 1.82) is 0 Å². The lowest BCUT2D eigenvalue weighted by atomic mass is 9.83. The quantitative estimate of drug-likeness (QED) is 0.838. The van der Waals surface area contributed by atoms with E-state index >= 15 is 0 Å². The number of anilines is 1. The first kappa shape index (κ1) is 12.8. The molecule has 1 aromatic rings. The van der Waals surface area contributed by atoms with Gasteiger partial charge in [-0.25, -0.2) is 14.8 Å². The Kier molecular flexibility index (Phi) is 3.79. The first-order valence-corrected chi connectivity index (χ1v) is 6.45. The molecule has 1 fully saturated rings. The molecule has 98 valence electrons. The van der Waals surface area contributed by atoms with Crippen LogP contribution in [0, 0.1) is 5.41 Å². The molecule has 0 atom stereocenters. The molecule has 0 unspecified atom stereocenters. The highest BCUT2D eigenvalue weighted by atomic mass is 16.4. The Bertz CT molecular complexity index is 428. The summed E-state index contributed by atoms with van der Waals surface area (Å²) in [5.41, 5.74) is 0.301. The molecule has 0 spiro atoms. The zero-order valence-electron chi connectivity index (χ0n) is 10.6. The summed E-state index contributed by atoms with van der Waals surface area (Å²) in [7, 11) is 0. The first-order valence-electron chi connectivity index (χ1n) is 6.45. The Morgan fingerprint density at radius 3 is 2.67 bits per heavy atom. The van der Waals surface area contributed by atoms with Crippen LogP contribution >= 0.6 is 0 Å². The average molecular weight is 249 g/mol. The lowest BCUT2D eigenvalue weighted by Gasteiger charge is -2.28. The van der Waals surface area contributed by atoms with Crippen LogP contribution in [-0.4, -0.2) is 27.6 Å². The second kappa shape index (κ2) is 5.33. The van der Waals surface area contributed by atoms with Crippen LogP contribution in [0.25, 0.3) is 0 Å². The van der Waals surface area contributed by atoms with Crippen molar-refractivity contribution in [1.82, 2.24) is 9.97 Å². The fourth-order valence-electron chi connectivity index (χ4n) is 2.68. The van der Waals surface area contributed by atoms with Crippen LogP contribution in [0.4, 0.5) is 5.82 Å². The second-order valence-corrected chi connectivity index (χ2v) is 4.97. The normalized spacial score (nSPS) is 17.6. The molecule has 0 amide bonds. The summed E-state index contributed by atoms with van der Waals surface area (Å²) in [4.78, 5) is 18.9. The predicted octanol–water partition coefficient (Wildman–Crippen LogP) is 2.56. The summed E-state index contributed by atoms with van der Waals surface area (Å²) in [6.45, 7) is 2.98. The summed E-state index contributed by atoms with van der Waals surface area (Å²) >= 11 is 0. The van der Waals surface area contributed by atoms with E-state index in [1.807, 2.05) is 0 Å². The fourth-order valence-corrected chi connectivity index (χ4v) is 2.68. The second-order valence-electron chi connectivity index (χ2n) is 4.97. The van der Waals surface area contributed by atoms with Crippen molar-refractivity contribution in [2.24, 2.45) is 5.41 Å². The summed E-state index contributed by atoms with van der Waals surface area (Å²) in [6.07, 6.45) is 8.98. The number of rotatable bonds is 5. The molecule has 0 aliphatic heterocycles. The van der Waals surface area contributed by atoms with Gasteiger partial charge in [-0.3, -0.25) is 0 Å². The number of aromatic carboxylic acids is 1. The van der Waals surface area contributed by atoms with Crippen LogP contribution in [0.2, 0.25) is 0 Å². The topological polar surface area (TPSA) is 75.1 Å². The molecule has 0 saturated heterocycles. The lowest BCUT2D eigenvalue weighted by molar-refractivity contribution is 0.0691. The molecule has 1 aromatic heterocycles. The number of hydrogen-bond acceptors (Lipinski definition) is 4. The minimum atomic E-state index is -1.04. The minimum absolute atomic E-state index is 0.00162. The zero-order valence-corrected chi connectivity index (χ0v) is 10.6. The highest BCUT2D eigenvalue weighted by Gasteiger charge is 2.32. The summed E-state index contributed by atoms with van der Waals surface area (Å²) in [5, 5.41) is 12.2. The van der Waals surface area contributed by atoms with Crippen molar-refractivity contribution in [3.05, 3.63) is 18.1 Å². The van der Waals surface area contributed by atoms with E-state index in [1.165, 1.54) is 38.1 Å². The van der Waals surface area contributed by atoms with Gasteiger partial charge in [-0.15, -0.1) is 0 Å². The van der Waals surface area contributed by atoms with Crippen LogP contribution < -0.4 is 5.32 Å². The summed E-state index contributed by atoms with van der Waals surface area (Å²) < 4.78 is 0. The van der Waals surface area contributed by atoms with Crippen LogP contribution in [0.1, 0.15) is 49.5 Å². The fraction of sp³-hybridized carbons (Fsp3) is 0.615. The SMILES string of the molecule is CCC1(CNc2nccnc2C(=O)O)CCCC1. The Hall–Kier alpha value is -1.65. The average Bonchev–Trinajstić information content (AvgIpc) is 2.86. The standard InChI is InChI=1S/C13H19N3O2/c1-2-13(5-3-4-6-13)9-16-11-10(12(17)18)14-7-8-15-11/h7-8H,2-6,9H2,1H3,(H,15,16)(H,17,18). The molecular formula is C13H19N3O2. The molecule has 2 rings (SSSR count). The molecular weight excluding hydrogens is 230 g/mol. The monoisotopic (exact) mass is 249 g/mol. The number of carbonyl (C=O) groups is 1. The molecule has 0 bridgehead atoms. The van der Waals surface area contributed by atoms with Crippen LogP contribution in [0.3, 0.4) is 0 Å². The molecule has 1 heterocycles. The third-order valence-corrected chi connectivity index (χ3v) is 3.95. The van der Waals surface area contributed by atoms with Crippen LogP contribution in [0.5, 0.6) is 0 Å². The Morgan fingerprint density at radius 1 is 1.39 bits per heavy atom. The van der Waals surface area contributed by atoms with Crippen LogP contribution in [-0.2, 0) is 0 Å². The van der Waals surface area contributed by atoms with Crippen molar-refractivity contribution in [3.8, 4) is 0 Å². The van der Waals surface area contributed by atoms with E-state index in [0.29, 0.717) is 11.2 Å². The van der Waals surface area contributed by atoms with Gasteiger partial charge in [0.1, 0.15) is 0 Å². The van der Waals surface area contributed by atoms with E-state index in [9.17, 15) is 4.79 Å². The molecule has 1 aliphatic rings. The van der Waals surface area contributed by atoms with Crippen molar-refractivity contribution in [2.75, 3.05) is 11.9 Å². The number of carboxylic acids is 1. The van der Waals surface area contributed by atoms with Gasteiger partial charge in [0.15, 0.2) is 11.5 Å². The Balaban J connectivity index is 2.08. The summed E-state index contributed by atoms with van der Waals surface area (Å²) in [6, 6.07) is 0. The van der Waals surface area contributed by atoms with Gasteiger partial charge in [0.05, 0.1) is 0 Å². The van der Waals surface area contributed by atoms with E-state index in [0.717, 1.165) is 13.0 Å². The maximum Gasteiger partial charge on any atom is 0.358 e. The van der Waals surface area contributed by atoms with Gasteiger partial charge in [0, 0.05) is 18.9 Å². The van der Waals surface area contributed by atoms with Gasteiger partial charge in [0.2, 0.25) is 0 Å². The Labute approximate surface area is 107 Å². The van der Waals surface area contributed by atoms with Gasteiger partial charge in [0.25, 0.3) is 0 Å². The first-order chi connectivity index (χ1) is 8.67. The number of aromatic nitrogens is 2. The third kappa shape index (κ3) is 2.60. The highest BCUT2D eigenvalue weighted by Crippen LogP contribution is 2.40. The van der Waals surface area contributed by atoms with Crippen molar-refractivity contribution >= 4 is 11.8 Å². The molecule has 18 heavy (non-hydrogen) atoms. The predicted molar refractivity (Wildman–Crippen MR) is 68.7 cm³/mol. The van der Waals surface area contributed by atoms with Crippen molar-refractivity contribution in [2.45, 2.75) is 39.0 Å². The maximum absolute atomic E-state index is 11.0. The van der Waals surface area contributed by atoms with Gasteiger partial charge >= 0.3 is 5.97 Å². The molecule has 1 aliphatic carbocycles. The van der Waals surface area contributed by atoms with Gasteiger partial charge in [-0.1, -0.05) is 19.8 Å². The van der Waals surface area contributed by atoms with E-state index < -0.39 is 5.97 Å². The zero-order chi connectivity index (χ0) is 13.0. The Morgan fingerprint density at radius 2 is 2.06 bits per heavy atom. The number of carboxylic acid groups (broad SMARTS) is 1. The molecule has 1 saturated carbocycles. The minimum Gasteiger partial charge on any atom is -0.476 e.